The van der Waals surface area contributed by atoms with Gasteiger partial charge in [-0.1, -0.05) is 36.4 Å². The summed E-state index contributed by atoms with van der Waals surface area (Å²) in [5, 5.41) is 8.91. The molecular formula is C21H20N4. The molecule has 0 radical (unpaired) electrons. The highest BCUT2D eigenvalue weighted by molar-refractivity contribution is 5.32. The minimum absolute atomic E-state index is 0.696. The van der Waals surface area contributed by atoms with Crippen LogP contribution in [0.3, 0.4) is 0 Å². The van der Waals surface area contributed by atoms with Gasteiger partial charge in [0.1, 0.15) is 0 Å². The van der Waals surface area contributed by atoms with Crippen LogP contribution in [0.1, 0.15) is 27.9 Å². The van der Waals surface area contributed by atoms with E-state index in [1.165, 1.54) is 22.4 Å². The second-order valence-electron chi connectivity index (χ2n) is 6.55. The summed E-state index contributed by atoms with van der Waals surface area (Å²) in [6.07, 6.45) is 4.97. The van der Waals surface area contributed by atoms with Crippen molar-refractivity contribution in [2.75, 3.05) is 6.54 Å². The zero-order valence-electron chi connectivity index (χ0n) is 14.1. The molecule has 25 heavy (non-hydrogen) atoms. The molecule has 0 fully saturated rings. The number of nitrogens with zero attached hydrogens (tertiary/aromatic N) is 4. The molecule has 0 saturated carbocycles. The van der Waals surface area contributed by atoms with Crippen LogP contribution in [0.25, 0.3) is 0 Å². The van der Waals surface area contributed by atoms with Gasteiger partial charge in [-0.2, -0.15) is 5.26 Å². The van der Waals surface area contributed by atoms with Gasteiger partial charge in [0.15, 0.2) is 0 Å². The quantitative estimate of drug-likeness (QED) is 0.738. The van der Waals surface area contributed by atoms with E-state index in [0.29, 0.717) is 5.56 Å². The third-order valence-corrected chi connectivity index (χ3v) is 4.83. The summed E-state index contributed by atoms with van der Waals surface area (Å²) in [6.45, 7) is 3.77. The number of hydrogen-bond acceptors (Lipinski definition) is 3. The molecular weight excluding hydrogens is 308 g/mol. The Morgan fingerprint density at radius 3 is 2.60 bits per heavy atom. The van der Waals surface area contributed by atoms with E-state index < -0.39 is 0 Å². The van der Waals surface area contributed by atoms with E-state index in [9.17, 15) is 0 Å². The molecule has 124 valence electrons. The van der Waals surface area contributed by atoms with Gasteiger partial charge in [-0.25, -0.2) is 4.98 Å². The minimum atomic E-state index is 0.696. The lowest BCUT2D eigenvalue weighted by Gasteiger charge is -2.28. The number of rotatable bonds is 4. The van der Waals surface area contributed by atoms with E-state index >= 15 is 0 Å². The zero-order chi connectivity index (χ0) is 17.1. The van der Waals surface area contributed by atoms with Crippen molar-refractivity contribution < 1.29 is 0 Å². The second kappa shape index (κ2) is 6.92. The average molecular weight is 328 g/mol. The molecule has 0 saturated heterocycles. The van der Waals surface area contributed by atoms with Gasteiger partial charge in [-0.15, -0.1) is 0 Å². The van der Waals surface area contributed by atoms with Crippen molar-refractivity contribution in [3.63, 3.8) is 0 Å². The number of imidazole rings is 1. The summed E-state index contributed by atoms with van der Waals surface area (Å²) < 4.78 is 2.20. The van der Waals surface area contributed by atoms with Crippen molar-refractivity contribution in [2.24, 2.45) is 0 Å². The predicted octanol–water partition coefficient (Wildman–Crippen LogP) is 3.36. The van der Waals surface area contributed by atoms with E-state index in [1.807, 2.05) is 36.8 Å². The molecule has 0 aliphatic carbocycles. The molecule has 0 spiro atoms. The molecule has 0 bridgehead atoms. The SMILES string of the molecule is N#Cc1ccc(Cn2cncc2CN2CCc3ccccc3C2)cc1. The lowest BCUT2D eigenvalue weighted by Crippen LogP contribution is -2.30. The summed E-state index contributed by atoms with van der Waals surface area (Å²) in [5.41, 5.74) is 6.02. The first-order valence-corrected chi connectivity index (χ1v) is 8.59. The topological polar surface area (TPSA) is 44.9 Å². The molecule has 1 aliphatic rings. The van der Waals surface area contributed by atoms with Crippen molar-refractivity contribution in [2.45, 2.75) is 26.1 Å². The van der Waals surface area contributed by atoms with Gasteiger partial charge < -0.3 is 4.57 Å². The standard InChI is InChI=1S/C21H20N4/c22-11-17-5-7-18(8-6-17)13-25-16-23-12-21(25)15-24-10-9-19-3-1-2-4-20(19)14-24/h1-8,12,16H,9-10,13-15H2. The van der Waals surface area contributed by atoms with E-state index in [-0.39, 0.29) is 0 Å². The molecule has 0 atom stereocenters. The zero-order valence-corrected chi connectivity index (χ0v) is 14.1. The maximum absolute atomic E-state index is 8.91. The van der Waals surface area contributed by atoms with Gasteiger partial charge in [0.25, 0.3) is 0 Å². The van der Waals surface area contributed by atoms with Crippen LogP contribution in [0.4, 0.5) is 0 Å². The smallest absolute Gasteiger partial charge is 0.0991 e. The highest BCUT2D eigenvalue weighted by atomic mass is 15.2. The van der Waals surface area contributed by atoms with Gasteiger partial charge in [0, 0.05) is 32.4 Å². The Kier molecular flexibility index (Phi) is 4.32. The Morgan fingerprint density at radius 1 is 1.00 bits per heavy atom. The monoisotopic (exact) mass is 328 g/mol. The maximum atomic E-state index is 8.91. The van der Waals surface area contributed by atoms with Crippen LogP contribution < -0.4 is 0 Å². The normalized spacial score (nSPS) is 14.0. The molecule has 1 aromatic heterocycles. The highest BCUT2D eigenvalue weighted by Gasteiger charge is 2.17. The lowest BCUT2D eigenvalue weighted by molar-refractivity contribution is 0.240. The molecule has 3 aromatic rings. The highest BCUT2D eigenvalue weighted by Crippen LogP contribution is 2.20. The fourth-order valence-corrected chi connectivity index (χ4v) is 3.42. The molecule has 4 nitrogen and oxygen atoms in total. The minimum Gasteiger partial charge on any atom is -0.329 e. The van der Waals surface area contributed by atoms with Crippen LogP contribution >= 0.6 is 0 Å². The summed E-state index contributed by atoms with van der Waals surface area (Å²) in [6, 6.07) is 18.6. The average Bonchev–Trinajstić information content (AvgIpc) is 3.09. The first kappa shape index (κ1) is 15.6. The molecule has 2 heterocycles. The number of benzene rings is 2. The van der Waals surface area contributed by atoms with E-state index in [2.05, 4.69) is 44.8 Å². The summed E-state index contributed by atoms with van der Waals surface area (Å²) in [4.78, 5) is 6.83. The van der Waals surface area contributed by atoms with Crippen LogP contribution in [0.5, 0.6) is 0 Å². The molecule has 0 N–H and O–H groups in total. The van der Waals surface area contributed by atoms with Crippen LogP contribution in [0.15, 0.2) is 61.1 Å². The van der Waals surface area contributed by atoms with Crippen molar-refractivity contribution >= 4 is 0 Å². The van der Waals surface area contributed by atoms with E-state index in [4.69, 9.17) is 5.26 Å². The molecule has 0 amide bonds. The first-order valence-electron chi connectivity index (χ1n) is 8.59. The second-order valence-corrected chi connectivity index (χ2v) is 6.55. The summed E-state index contributed by atoms with van der Waals surface area (Å²) in [7, 11) is 0. The number of nitriles is 1. The van der Waals surface area contributed by atoms with Gasteiger partial charge in [-0.3, -0.25) is 4.90 Å². The summed E-state index contributed by atoms with van der Waals surface area (Å²) >= 11 is 0. The van der Waals surface area contributed by atoms with Crippen LogP contribution in [0.2, 0.25) is 0 Å². The third kappa shape index (κ3) is 3.47. The molecule has 0 unspecified atom stereocenters. The fourth-order valence-electron chi connectivity index (χ4n) is 3.42. The van der Waals surface area contributed by atoms with Gasteiger partial charge in [-0.05, 0) is 35.2 Å². The van der Waals surface area contributed by atoms with E-state index in [1.54, 1.807) is 0 Å². The Bertz CT molecular complexity index is 902. The van der Waals surface area contributed by atoms with Crippen LogP contribution in [-0.4, -0.2) is 21.0 Å². The molecule has 1 aliphatic heterocycles. The largest absolute Gasteiger partial charge is 0.329 e. The van der Waals surface area contributed by atoms with Gasteiger partial charge in [0.05, 0.1) is 23.7 Å². The first-order chi connectivity index (χ1) is 12.3. The van der Waals surface area contributed by atoms with Crippen molar-refractivity contribution in [3.05, 3.63) is 89.0 Å². The van der Waals surface area contributed by atoms with Crippen molar-refractivity contribution in [3.8, 4) is 6.07 Å². The third-order valence-electron chi connectivity index (χ3n) is 4.83. The maximum Gasteiger partial charge on any atom is 0.0991 e. The lowest BCUT2D eigenvalue weighted by atomic mass is 10.00. The Morgan fingerprint density at radius 2 is 1.80 bits per heavy atom. The fraction of sp³-hybridized carbons (Fsp3) is 0.238. The Labute approximate surface area is 148 Å². The van der Waals surface area contributed by atoms with Gasteiger partial charge >= 0.3 is 0 Å². The van der Waals surface area contributed by atoms with Crippen LogP contribution in [0, 0.1) is 11.3 Å². The number of hydrogen-bond donors (Lipinski definition) is 0. The Balaban J connectivity index is 1.46. The number of fused-ring (bicyclic) bond motifs is 1. The van der Waals surface area contributed by atoms with E-state index in [0.717, 1.165) is 32.6 Å². The van der Waals surface area contributed by atoms with Gasteiger partial charge in [0.2, 0.25) is 0 Å². The molecule has 2 aromatic carbocycles. The van der Waals surface area contributed by atoms with Crippen LogP contribution in [-0.2, 0) is 26.1 Å². The molecule has 4 heteroatoms. The summed E-state index contributed by atoms with van der Waals surface area (Å²) in [5.74, 6) is 0. The predicted molar refractivity (Wildman–Crippen MR) is 96.7 cm³/mol. The molecule has 4 rings (SSSR count). The van der Waals surface area contributed by atoms with Crippen molar-refractivity contribution in [1.29, 1.82) is 5.26 Å². The number of aromatic nitrogens is 2. The Hall–Kier alpha value is -2.90. The van der Waals surface area contributed by atoms with Crippen molar-refractivity contribution in [1.82, 2.24) is 14.5 Å².